The smallest absolute Gasteiger partial charge is 0.242 e. The van der Waals surface area contributed by atoms with Gasteiger partial charge in [0.1, 0.15) is 11.4 Å². The van der Waals surface area contributed by atoms with E-state index in [-0.39, 0.29) is 11.9 Å². The zero-order valence-electron chi connectivity index (χ0n) is 11.3. The second-order valence-corrected chi connectivity index (χ2v) is 5.99. The van der Waals surface area contributed by atoms with E-state index in [1.807, 2.05) is 0 Å². The number of halogens is 2. The number of nitrogens with one attached hydrogen (secondary N) is 1. The molecule has 20 heavy (non-hydrogen) atoms. The van der Waals surface area contributed by atoms with E-state index in [2.05, 4.69) is 21.2 Å². The van der Waals surface area contributed by atoms with Crippen molar-refractivity contribution in [2.75, 3.05) is 13.2 Å². The summed E-state index contributed by atoms with van der Waals surface area (Å²) >= 11 is 3.13. The van der Waals surface area contributed by atoms with Crippen LogP contribution in [0.4, 0.5) is 4.39 Å². The van der Waals surface area contributed by atoms with Gasteiger partial charge in [0.15, 0.2) is 0 Å². The first kappa shape index (κ1) is 15.4. The lowest BCUT2D eigenvalue weighted by Crippen LogP contribution is -2.52. The van der Waals surface area contributed by atoms with Crippen molar-refractivity contribution >= 4 is 21.8 Å². The standard InChI is InChI=1S/C14H18BrFN2O2/c1-14(13(17)19,18-8-10-3-2-6-20-10)9-4-5-12(16)11(15)7-9/h4-5,7,10,18H,2-3,6,8H2,1H3,(H2,17,19). The van der Waals surface area contributed by atoms with Gasteiger partial charge >= 0.3 is 0 Å². The summed E-state index contributed by atoms with van der Waals surface area (Å²) in [6.45, 7) is 2.99. The zero-order valence-corrected chi connectivity index (χ0v) is 12.9. The van der Waals surface area contributed by atoms with Gasteiger partial charge in [-0.3, -0.25) is 10.1 Å². The van der Waals surface area contributed by atoms with Crippen LogP contribution in [0.1, 0.15) is 25.3 Å². The lowest BCUT2D eigenvalue weighted by atomic mass is 9.91. The highest BCUT2D eigenvalue weighted by Gasteiger charge is 2.34. The van der Waals surface area contributed by atoms with Gasteiger partial charge in [-0.2, -0.15) is 0 Å². The minimum atomic E-state index is -1.05. The van der Waals surface area contributed by atoms with E-state index < -0.39 is 11.4 Å². The molecule has 3 N–H and O–H groups in total. The highest BCUT2D eigenvalue weighted by atomic mass is 79.9. The number of hydrogen-bond acceptors (Lipinski definition) is 3. The largest absolute Gasteiger partial charge is 0.377 e. The van der Waals surface area contributed by atoms with E-state index >= 15 is 0 Å². The molecule has 1 aliphatic rings. The Morgan fingerprint density at radius 3 is 2.95 bits per heavy atom. The van der Waals surface area contributed by atoms with E-state index in [9.17, 15) is 9.18 Å². The van der Waals surface area contributed by atoms with Crippen molar-refractivity contribution in [2.45, 2.75) is 31.4 Å². The van der Waals surface area contributed by atoms with Gasteiger partial charge in [0.25, 0.3) is 0 Å². The van der Waals surface area contributed by atoms with E-state index in [0.717, 1.165) is 19.4 Å². The summed E-state index contributed by atoms with van der Waals surface area (Å²) in [5, 5.41) is 3.16. The Kier molecular flexibility index (Phi) is 4.78. The van der Waals surface area contributed by atoms with Gasteiger partial charge in [-0.05, 0) is 53.4 Å². The lowest BCUT2D eigenvalue weighted by molar-refractivity contribution is -0.124. The molecule has 0 saturated carbocycles. The number of benzene rings is 1. The van der Waals surface area contributed by atoms with Crippen LogP contribution in [0.5, 0.6) is 0 Å². The number of nitrogens with two attached hydrogens (primary N) is 1. The number of hydrogen-bond donors (Lipinski definition) is 2. The van der Waals surface area contributed by atoms with Gasteiger partial charge in [-0.1, -0.05) is 6.07 Å². The van der Waals surface area contributed by atoms with Crippen LogP contribution in [-0.2, 0) is 15.1 Å². The van der Waals surface area contributed by atoms with Crippen molar-refractivity contribution in [1.82, 2.24) is 5.32 Å². The molecule has 0 spiro atoms. The molecule has 2 atom stereocenters. The number of rotatable bonds is 5. The fourth-order valence-electron chi connectivity index (χ4n) is 2.26. The van der Waals surface area contributed by atoms with Gasteiger partial charge in [-0.25, -0.2) is 4.39 Å². The Bertz CT molecular complexity index is 506. The molecule has 1 aromatic rings. The van der Waals surface area contributed by atoms with E-state index in [0.29, 0.717) is 16.6 Å². The molecule has 0 bridgehead atoms. The Morgan fingerprint density at radius 2 is 2.40 bits per heavy atom. The maximum Gasteiger partial charge on any atom is 0.242 e. The number of primary amides is 1. The van der Waals surface area contributed by atoms with Crippen molar-refractivity contribution in [3.05, 3.63) is 34.1 Å². The van der Waals surface area contributed by atoms with Crippen LogP contribution < -0.4 is 11.1 Å². The Balaban J connectivity index is 2.18. The first-order valence-corrected chi connectivity index (χ1v) is 7.35. The number of carbonyl (C=O) groups excluding carboxylic acids is 1. The third kappa shape index (κ3) is 3.19. The second-order valence-electron chi connectivity index (χ2n) is 5.13. The topological polar surface area (TPSA) is 64.3 Å². The molecule has 1 heterocycles. The molecule has 2 rings (SSSR count). The van der Waals surface area contributed by atoms with Gasteiger partial charge in [0.05, 0.1) is 10.6 Å². The van der Waals surface area contributed by atoms with Crippen molar-refractivity contribution in [3.63, 3.8) is 0 Å². The molecule has 0 aromatic heterocycles. The summed E-state index contributed by atoms with van der Waals surface area (Å²) in [7, 11) is 0. The summed E-state index contributed by atoms with van der Waals surface area (Å²) in [5.41, 5.74) is 5.09. The average molecular weight is 345 g/mol. The molecular weight excluding hydrogens is 327 g/mol. The van der Waals surface area contributed by atoms with Crippen LogP contribution in [0.15, 0.2) is 22.7 Å². The predicted molar refractivity (Wildman–Crippen MR) is 77.6 cm³/mol. The Labute approximate surface area is 126 Å². The highest BCUT2D eigenvalue weighted by Crippen LogP contribution is 2.26. The summed E-state index contributed by atoms with van der Waals surface area (Å²) in [6, 6.07) is 4.45. The molecule has 1 aliphatic heterocycles. The predicted octanol–water partition coefficient (Wildman–Crippen LogP) is 2.06. The molecule has 4 nitrogen and oxygen atoms in total. The molecule has 0 aliphatic carbocycles. The van der Waals surface area contributed by atoms with E-state index in [1.165, 1.54) is 6.07 Å². The molecule has 0 radical (unpaired) electrons. The minimum absolute atomic E-state index is 0.0950. The van der Waals surface area contributed by atoms with Gasteiger partial charge < -0.3 is 10.5 Å². The molecule has 1 amide bonds. The van der Waals surface area contributed by atoms with Gasteiger partial charge in [0, 0.05) is 13.2 Å². The minimum Gasteiger partial charge on any atom is -0.377 e. The quantitative estimate of drug-likeness (QED) is 0.859. The van der Waals surface area contributed by atoms with Crippen molar-refractivity contribution in [3.8, 4) is 0 Å². The van der Waals surface area contributed by atoms with Crippen LogP contribution >= 0.6 is 15.9 Å². The first-order valence-electron chi connectivity index (χ1n) is 6.55. The fourth-order valence-corrected chi connectivity index (χ4v) is 2.64. The summed E-state index contributed by atoms with van der Waals surface area (Å²) in [5.74, 6) is -0.881. The summed E-state index contributed by atoms with van der Waals surface area (Å²) < 4.78 is 19.1. The SMILES string of the molecule is CC(NCC1CCCO1)(C(N)=O)c1ccc(F)c(Br)c1. The molecule has 1 saturated heterocycles. The monoisotopic (exact) mass is 344 g/mol. The third-order valence-electron chi connectivity index (χ3n) is 3.70. The second kappa shape index (κ2) is 6.20. The van der Waals surface area contributed by atoms with Gasteiger partial charge in [-0.15, -0.1) is 0 Å². The van der Waals surface area contributed by atoms with Crippen LogP contribution in [0, 0.1) is 5.82 Å². The molecule has 6 heteroatoms. The number of amides is 1. The average Bonchev–Trinajstić information content (AvgIpc) is 2.92. The number of carbonyl (C=O) groups is 1. The Hall–Kier alpha value is -0.980. The molecule has 2 unspecified atom stereocenters. The van der Waals surface area contributed by atoms with Crippen molar-refractivity contribution in [2.24, 2.45) is 5.73 Å². The maximum atomic E-state index is 13.3. The summed E-state index contributed by atoms with van der Waals surface area (Å²) in [6.07, 6.45) is 2.09. The summed E-state index contributed by atoms with van der Waals surface area (Å²) in [4.78, 5) is 11.8. The van der Waals surface area contributed by atoms with Crippen LogP contribution in [0.2, 0.25) is 0 Å². The molecular formula is C14H18BrFN2O2. The zero-order chi connectivity index (χ0) is 14.8. The lowest BCUT2D eigenvalue weighted by Gasteiger charge is -2.29. The van der Waals surface area contributed by atoms with E-state index in [4.69, 9.17) is 10.5 Å². The van der Waals surface area contributed by atoms with Crippen molar-refractivity contribution in [1.29, 1.82) is 0 Å². The molecule has 1 aromatic carbocycles. The number of ether oxygens (including phenoxy) is 1. The van der Waals surface area contributed by atoms with E-state index in [1.54, 1.807) is 19.1 Å². The Morgan fingerprint density at radius 1 is 1.65 bits per heavy atom. The highest BCUT2D eigenvalue weighted by molar-refractivity contribution is 9.10. The molecule has 1 fully saturated rings. The van der Waals surface area contributed by atoms with Crippen LogP contribution in [0.25, 0.3) is 0 Å². The van der Waals surface area contributed by atoms with Crippen LogP contribution in [0.3, 0.4) is 0 Å². The van der Waals surface area contributed by atoms with Crippen molar-refractivity contribution < 1.29 is 13.9 Å². The third-order valence-corrected chi connectivity index (χ3v) is 4.30. The normalized spacial score (nSPS) is 21.6. The molecule has 110 valence electrons. The van der Waals surface area contributed by atoms with Gasteiger partial charge in [0.2, 0.25) is 5.91 Å². The van der Waals surface area contributed by atoms with Crippen LogP contribution in [-0.4, -0.2) is 25.2 Å². The maximum absolute atomic E-state index is 13.3. The first-order chi connectivity index (χ1) is 9.43. The fraction of sp³-hybridized carbons (Fsp3) is 0.500.